The number of nitrogen functional groups attached to an aromatic ring is 1. The van der Waals surface area contributed by atoms with Gasteiger partial charge in [-0.3, -0.25) is 18.2 Å². The Labute approximate surface area is 266 Å². The Morgan fingerprint density at radius 1 is 0.404 bits per heavy atom. The molecule has 244 valence electrons. The van der Waals surface area contributed by atoms with Crippen molar-refractivity contribution in [1.29, 1.82) is 0 Å². The first-order valence-corrected chi connectivity index (χ1v) is 18.3. The molecule has 0 spiro atoms. The second-order valence-corrected chi connectivity index (χ2v) is 15.3. The average Bonchev–Trinajstić information content (AvgIpc) is 2.97. The number of nitrogens with zero attached hydrogens (tertiary/aromatic N) is 4. The van der Waals surface area contributed by atoms with E-state index in [1.54, 1.807) is 0 Å². The Kier molecular flexibility index (Phi) is 8.45. The molecule has 0 heterocycles. The summed E-state index contributed by atoms with van der Waals surface area (Å²) in [5.41, 5.74) is 5.89. The average molecular weight is 722 g/mol. The second kappa shape index (κ2) is 11.8. The summed E-state index contributed by atoms with van der Waals surface area (Å²) in [6, 6.07) is 14.7. The molecule has 0 amide bonds. The van der Waals surface area contributed by atoms with Gasteiger partial charge in [0.15, 0.2) is 0 Å². The molecule has 0 unspecified atom stereocenters. The molecule has 21 heteroatoms. The van der Waals surface area contributed by atoms with Crippen LogP contribution in [0.4, 0.5) is 28.4 Å². The molecule has 0 radical (unpaired) electrons. The Balaban J connectivity index is 1.65. The van der Waals surface area contributed by atoms with Gasteiger partial charge in [-0.05, 0) is 66.7 Å². The van der Waals surface area contributed by atoms with E-state index in [9.17, 15) is 51.9 Å². The van der Waals surface area contributed by atoms with Gasteiger partial charge in [0.05, 0.1) is 31.7 Å². The Morgan fingerprint density at radius 3 is 1.26 bits per heavy atom. The SMILES string of the molecule is Nc1ccc(N=Nc2ccc(N=Nc3ccc(S(=O)(=O)O)cc3S(=O)(=O)O)c3ccc(S(=O)(=O)O)cc23)c2ccc(S(=O)(=O)O)cc12. The van der Waals surface area contributed by atoms with Crippen molar-refractivity contribution >= 4 is 90.5 Å². The van der Waals surface area contributed by atoms with Crippen LogP contribution in [-0.2, 0) is 40.5 Å². The van der Waals surface area contributed by atoms with E-state index >= 15 is 0 Å². The highest BCUT2D eigenvalue weighted by Gasteiger charge is 2.21. The van der Waals surface area contributed by atoms with Crippen LogP contribution in [0.15, 0.2) is 119 Å². The van der Waals surface area contributed by atoms with Crippen LogP contribution in [0.2, 0.25) is 0 Å². The standard InChI is InChI=1S/C26H19N5O12S4/c27-21-6-8-22(17-4-1-14(11-19(17)21)44(32,33)34)28-30-24-10-9-23(18-5-2-15(12-20(18)24)45(35,36)37)29-31-25-7-3-16(46(38,39)40)13-26(25)47(41,42)43/h1-13H,27H2,(H,32,33,34)(H,35,36,37)(H,38,39,40)(H,41,42,43). The van der Waals surface area contributed by atoms with Crippen molar-refractivity contribution in [2.75, 3.05) is 5.73 Å². The number of hydrogen-bond acceptors (Lipinski definition) is 13. The lowest BCUT2D eigenvalue weighted by Crippen LogP contribution is -2.03. The number of azo groups is 2. The molecule has 0 saturated carbocycles. The van der Waals surface area contributed by atoms with E-state index in [2.05, 4.69) is 20.5 Å². The summed E-state index contributed by atoms with van der Waals surface area (Å²) in [5.74, 6) is 0. The molecule has 0 saturated heterocycles. The molecule has 6 N–H and O–H groups in total. The first kappa shape index (κ1) is 33.6. The number of benzene rings is 5. The van der Waals surface area contributed by atoms with E-state index in [0.717, 1.165) is 36.4 Å². The van der Waals surface area contributed by atoms with Gasteiger partial charge in [-0.2, -0.15) is 33.7 Å². The van der Waals surface area contributed by atoms with Crippen molar-refractivity contribution in [1.82, 2.24) is 0 Å². The maximum Gasteiger partial charge on any atom is 0.296 e. The predicted octanol–water partition coefficient (Wildman–Crippen LogP) is 5.39. The van der Waals surface area contributed by atoms with Crippen LogP contribution in [0.25, 0.3) is 21.5 Å². The number of rotatable bonds is 8. The van der Waals surface area contributed by atoms with Gasteiger partial charge in [-0.1, -0.05) is 12.1 Å². The number of hydrogen-bond donors (Lipinski definition) is 5. The summed E-state index contributed by atoms with van der Waals surface area (Å²) in [6.07, 6.45) is 0. The van der Waals surface area contributed by atoms with Crippen LogP contribution in [0.1, 0.15) is 0 Å². The van der Waals surface area contributed by atoms with E-state index in [1.165, 1.54) is 36.4 Å². The molecule has 0 bridgehead atoms. The molecule has 0 aliphatic heterocycles. The van der Waals surface area contributed by atoms with Crippen LogP contribution < -0.4 is 5.73 Å². The minimum absolute atomic E-state index is 0.00309. The van der Waals surface area contributed by atoms with Gasteiger partial charge in [-0.15, -0.1) is 20.5 Å². The van der Waals surface area contributed by atoms with Gasteiger partial charge in [0.25, 0.3) is 40.5 Å². The lowest BCUT2D eigenvalue weighted by Gasteiger charge is -2.08. The van der Waals surface area contributed by atoms with Crippen molar-refractivity contribution in [3.8, 4) is 0 Å². The minimum Gasteiger partial charge on any atom is -0.398 e. The van der Waals surface area contributed by atoms with Crippen molar-refractivity contribution < 1.29 is 51.9 Å². The summed E-state index contributed by atoms with van der Waals surface area (Å²) in [5, 5.41) is 17.0. The van der Waals surface area contributed by atoms with Gasteiger partial charge >= 0.3 is 0 Å². The van der Waals surface area contributed by atoms with E-state index in [0.29, 0.717) is 11.5 Å². The number of fused-ring (bicyclic) bond motifs is 2. The molecule has 0 atom stereocenters. The normalized spacial score (nSPS) is 13.3. The molecule has 0 aromatic heterocycles. The fraction of sp³-hybridized carbons (Fsp3) is 0. The third-order valence-electron chi connectivity index (χ3n) is 6.57. The summed E-state index contributed by atoms with van der Waals surface area (Å²) < 4.78 is 132. The predicted molar refractivity (Wildman–Crippen MR) is 166 cm³/mol. The molecule has 17 nitrogen and oxygen atoms in total. The minimum atomic E-state index is -5.05. The molecular formula is C26H19N5O12S4. The molecule has 5 aromatic rings. The number of anilines is 1. The van der Waals surface area contributed by atoms with E-state index < -0.39 is 65.7 Å². The third-order valence-corrected chi connectivity index (χ3v) is 10.0. The highest BCUT2D eigenvalue weighted by atomic mass is 32.2. The van der Waals surface area contributed by atoms with Crippen molar-refractivity contribution in [2.45, 2.75) is 19.6 Å². The van der Waals surface area contributed by atoms with E-state index in [-0.39, 0.29) is 38.9 Å². The summed E-state index contributed by atoms with van der Waals surface area (Å²) >= 11 is 0. The summed E-state index contributed by atoms with van der Waals surface area (Å²) in [6.45, 7) is 0. The smallest absolute Gasteiger partial charge is 0.296 e. The van der Waals surface area contributed by atoms with Gasteiger partial charge in [0.2, 0.25) is 0 Å². The first-order valence-electron chi connectivity index (χ1n) is 12.5. The third kappa shape index (κ3) is 7.16. The largest absolute Gasteiger partial charge is 0.398 e. The van der Waals surface area contributed by atoms with Gasteiger partial charge in [0, 0.05) is 27.2 Å². The zero-order chi connectivity index (χ0) is 34.5. The van der Waals surface area contributed by atoms with Crippen molar-refractivity contribution in [3.63, 3.8) is 0 Å². The van der Waals surface area contributed by atoms with E-state index in [1.807, 2.05) is 0 Å². The Hall–Kier alpha value is -4.74. The monoisotopic (exact) mass is 721 g/mol. The zero-order valence-electron chi connectivity index (χ0n) is 23.1. The fourth-order valence-electron chi connectivity index (χ4n) is 4.37. The van der Waals surface area contributed by atoms with Crippen LogP contribution in [0.3, 0.4) is 0 Å². The van der Waals surface area contributed by atoms with Crippen LogP contribution in [0, 0.1) is 0 Å². The Bertz CT molecular complexity index is 2640. The Morgan fingerprint density at radius 2 is 0.766 bits per heavy atom. The molecule has 5 aromatic carbocycles. The number of nitrogens with two attached hydrogens (primary N) is 1. The van der Waals surface area contributed by atoms with Crippen molar-refractivity contribution in [3.05, 3.63) is 78.9 Å². The maximum absolute atomic E-state index is 11.9. The highest BCUT2D eigenvalue weighted by molar-refractivity contribution is 7.87. The molecule has 0 aliphatic rings. The first-order chi connectivity index (χ1) is 21.7. The van der Waals surface area contributed by atoms with E-state index in [4.69, 9.17) is 5.73 Å². The molecule has 47 heavy (non-hydrogen) atoms. The van der Waals surface area contributed by atoms with Gasteiger partial charge < -0.3 is 5.73 Å². The molecule has 0 aliphatic carbocycles. The van der Waals surface area contributed by atoms with Crippen LogP contribution in [0.5, 0.6) is 0 Å². The van der Waals surface area contributed by atoms with Crippen LogP contribution in [-0.4, -0.2) is 51.9 Å². The fourth-order valence-corrected chi connectivity index (χ4v) is 6.62. The van der Waals surface area contributed by atoms with Crippen LogP contribution >= 0.6 is 0 Å². The lowest BCUT2D eigenvalue weighted by atomic mass is 10.1. The summed E-state index contributed by atoms with van der Waals surface area (Å²) in [4.78, 5) is -2.76. The zero-order valence-corrected chi connectivity index (χ0v) is 26.3. The summed E-state index contributed by atoms with van der Waals surface area (Å²) in [7, 11) is -19.1. The van der Waals surface area contributed by atoms with Gasteiger partial charge in [-0.25, -0.2) is 0 Å². The molecule has 5 rings (SSSR count). The maximum atomic E-state index is 11.9. The van der Waals surface area contributed by atoms with Gasteiger partial charge in [0.1, 0.15) is 10.6 Å². The molecule has 0 fully saturated rings. The highest BCUT2D eigenvalue weighted by Crippen LogP contribution is 2.39. The quantitative estimate of drug-likeness (QED) is 0.0763. The topological polar surface area (TPSA) is 293 Å². The lowest BCUT2D eigenvalue weighted by molar-refractivity contribution is 0.478. The molecular weight excluding hydrogens is 703 g/mol. The van der Waals surface area contributed by atoms with Crippen molar-refractivity contribution in [2.24, 2.45) is 20.5 Å². The second-order valence-electron chi connectivity index (χ2n) is 9.62.